The van der Waals surface area contributed by atoms with Crippen molar-refractivity contribution in [3.8, 4) is 0 Å². The van der Waals surface area contributed by atoms with Crippen molar-refractivity contribution in [2.45, 2.75) is 45.2 Å². The molecule has 0 spiro atoms. The van der Waals surface area contributed by atoms with Gasteiger partial charge < -0.3 is 14.4 Å². The molecule has 1 aliphatic rings. The van der Waals surface area contributed by atoms with Gasteiger partial charge in [0, 0.05) is 18.2 Å². The lowest BCUT2D eigenvalue weighted by Crippen LogP contribution is -2.47. The summed E-state index contributed by atoms with van der Waals surface area (Å²) in [6, 6.07) is 1.62. The largest absolute Gasteiger partial charge is 0.478 e. The van der Waals surface area contributed by atoms with Crippen LogP contribution in [0.2, 0.25) is 0 Å². The first kappa shape index (κ1) is 12.7. The summed E-state index contributed by atoms with van der Waals surface area (Å²) in [5.74, 6) is -1.20. The second-order valence-corrected chi connectivity index (χ2v) is 4.85. The van der Waals surface area contributed by atoms with Gasteiger partial charge in [-0.05, 0) is 33.1 Å². The molecule has 1 amide bonds. The molecule has 1 saturated heterocycles. The third-order valence-electron chi connectivity index (χ3n) is 3.49. The molecule has 0 saturated carbocycles. The molecule has 0 aromatic carbocycles. The van der Waals surface area contributed by atoms with Crippen LogP contribution in [0.3, 0.4) is 0 Å². The molecule has 2 rings (SSSR count). The van der Waals surface area contributed by atoms with Gasteiger partial charge in [-0.2, -0.15) is 0 Å². The molecule has 5 nitrogen and oxygen atoms in total. The minimum atomic E-state index is -1.09. The van der Waals surface area contributed by atoms with E-state index in [1.807, 2.05) is 13.8 Å². The van der Waals surface area contributed by atoms with E-state index in [4.69, 9.17) is 9.52 Å². The van der Waals surface area contributed by atoms with E-state index in [0.717, 1.165) is 25.5 Å². The number of carboxylic acid groups (broad SMARTS) is 1. The number of nitrogens with zero attached hydrogens (tertiary/aromatic N) is 1. The average Bonchev–Trinajstić information content (AvgIpc) is 2.77. The van der Waals surface area contributed by atoms with Crippen molar-refractivity contribution in [3.05, 3.63) is 23.7 Å². The fraction of sp³-hybridized carbons (Fsp3) is 0.538. The number of carbonyl (C=O) groups is 2. The number of hydrogen-bond donors (Lipinski definition) is 1. The number of hydrogen-bond acceptors (Lipinski definition) is 3. The lowest BCUT2D eigenvalue weighted by molar-refractivity contribution is 0.0478. The van der Waals surface area contributed by atoms with Crippen LogP contribution < -0.4 is 0 Å². The minimum Gasteiger partial charge on any atom is -0.478 e. The Labute approximate surface area is 105 Å². The first-order valence-electron chi connectivity index (χ1n) is 6.15. The zero-order valence-electron chi connectivity index (χ0n) is 10.5. The molecular formula is C13H17NO4. The van der Waals surface area contributed by atoms with Gasteiger partial charge in [-0.25, -0.2) is 4.79 Å². The number of rotatable bonds is 2. The van der Waals surface area contributed by atoms with Crippen LogP contribution in [0.25, 0.3) is 0 Å². The zero-order chi connectivity index (χ0) is 13.3. The maximum Gasteiger partial charge on any atom is 0.338 e. The topological polar surface area (TPSA) is 70.8 Å². The van der Waals surface area contributed by atoms with Crippen molar-refractivity contribution in [1.29, 1.82) is 0 Å². The molecule has 0 bridgehead atoms. The first-order chi connectivity index (χ1) is 8.50. The van der Waals surface area contributed by atoms with Crippen LogP contribution in [0.4, 0.5) is 0 Å². The number of likely N-dealkylation sites (tertiary alicyclic amines) is 1. The Bertz CT molecular complexity index is 455. The molecule has 18 heavy (non-hydrogen) atoms. The highest BCUT2D eigenvalue weighted by atomic mass is 16.4. The second-order valence-electron chi connectivity index (χ2n) is 4.85. The predicted octanol–water partition coefficient (Wildman–Crippen LogP) is 2.38. The summed E-state index contributed by atoms with van der Waals surface area (Å²) in [5.41, 5.74) is 0.00988. The Balaban J connectivity index is 2.21. The summed E-state index contributed by atoms with van der Waals surface area (Å²) < 4.78 is 5.07. The van der Waals surface area contributed by atoms with Gasteiger partial charge in [0.25, 0.3) is 5.91 Å². The standard InChI is InChI=1S/C13H17NO4/c1-8-4-3-5-9(2)14(8)12(15)11-6-10(7-18-11)13(16)17/h6-9H,3-5H2,1-2H3,(H,16,17)/t8-,9+. The van der Waals surface area contributed by atoms with Gasteiger partial charge in [-0.1, -0.05) is 0 Å². The van der Waals surface area contributed by atoms with Crippen LogP contribution in [0.1, 0.15) is 54.0 Å². The molecule has 1 aromatic rings. The summed E-state index contributed by atoms with van der Waals surface area (Å²) in [6.07, 6.45) is 4.17. The summed E-state index contributed by atoms with van der Waals surface area (Å²) >= 11 is 0. The number of furan rings is 1. The molecule has 0 radical (unpaired) electrons. The Kier molecular flexibility index (Phi) is 3.41. The van der Waals surface area contributed by atoms with E-state index < -0.39 is 5.97 Å². The number of carboxylic acids is 1. The van der Waals surface area contributed by atoms with Gasteiger partial charge in [0.05, 0.1) is 5.56 Å². The molecule has 1 fully saturated rings. The summed E-state index contributed by atoms with van der Waals surface area (Å²) in [7, 11) is 0. The van der Waals surface area contributed by atoms with Gasteiger partial charge in [-0.15, -0.1) is 0 Å². The maximum atomic E-state index is 12.3. The third-order valence-corrected chi connectivity index (χ3v) is 3.49. The third kappa shape index (κ3) is 2.25. The zero-order valence-corrected chi connectivity index (χ0v) is 10.5. The Morgan fingerprint density at radius 3 is 2.44 bits per heavy atom. The predicted molar refractivity (Wildman–Crippen MR) is 64.6 cm³/mol. The Morgan fingerprint density at radius 2 is 1.94 bits per heavy atom. The van der Waals surface area contributed by atoms with Crippen LogP contribution in [0, 0.1) is 0 Å². The highest BCUT2D eigenvalue weighted by Crippen LogP contribution is 2.25. The number of carbonyl (C=O) groups excluding carboxylic acids is 1. The van der Waals surface area contributed by atoms with Crippen molar-refractivity contribution >= 4 is 11.9 Å². The lowest BCUT2D eigenvalue weighted by Gasteiger charge is -2.38. The van der Waals surface area contributed by atoms with Crippen molar-refractivity contribution in [2.75, 3.05) is 0 Å². The van der Waals surface area contributed by atoms with Gasteiger partial charge in [0.2, 0.25) is 0 Å². The van der Waals surface area contributed by atoms with Crippen LogP contribution in [0.15, 0.2) is 16.7 Å². The van der Waals surface area contributed by atoms with Gasteiger partial charge >= 0.3 is 5.97 Å². The van der Waals surface area contributed by atoms with E-state index in [9.17, 15) is 9.59 Å². The number of amides is 1. The fourth-order valence-electron chi connectivity index (χ4n) is 2.51. The Morgan fingerprint density at radius 1 is 1.33 bits per heavy atom. The molecule has 2 heterocycles. The highest BCUT2D eigenvalue weighted by Gasteiger charge is 2.31. The molecule has 5 heteroatoms. The smallest absolute Gasteiger partial charge is 0.338 e. The van der Waals surface area contributed by atoms with E-state index in [2.05, 4.69) is 0 Å². The molecule has 0 aliphatic carbocycles. The van der Waals surface area contributed by atoms with Crippen molar-refractivity contribution in [3.63, 3.8) is 0 Å². The lowest BCUT2D eigenvalue weighted by atomic mass is 9.97. The minimum absolute atomic E-state index is 0.00988. The molecule has 2 atom stereocenters. The van der Waals surface area contributed by atoms with Gasteiger partial charge in [-0.3, -0.25) is 4.79 Å². The van der Waals surface area contributed by atoms with Gasteiger partial charge in [0.15, 0.2) is 5.76 Å². The van der Waals surface area contributed by atoms with Crippen LogP contribution in [0.5, 0.6) is 0 Å². The van der Waals surface area contributed by atoms with E-state index in [1.165, 1.54) is 6.07 Å². The van der Waals surface area contributed by atoms with Crippen LogP contribution in [-0.4, -0.2) is 34.0 Å². The van der Waals surface area contributed by atoms with Crippen molar-refractivity contribution < 1.29 is 19.1 Å². The van der Waals surface area contributed by atoms with E-state index in [1.54, 1.807) is 4.90 Å². The normalized spacial score (nSPS) is 24.0. The van der Waals surface area contributed by atoms with Crippen LogP contribution in [-0.2, 0) is 0 Å². The van der Waals surface area contributed by atoms with E-state index >= 15 is 0 Å². The van der Waals surface area contributed by atoms with E-state index in [-0.39, 0.29) is 29.3 Å². The van der Waals surface area contributed by atoms with E-state index in [0.29, 0.717) is 0 Å². The maximum absolute atomic E-state index is 12.3. The number of aromatic carboxylic acids is 1. The summed E-state index contributed by atoms with van der Waals surface area (Å²) in [4.78, 5) is 24.8. The van der Waals surface area contributed by atoms with Crippen LogP contribution >= 0.6 is 0 Å². The molecule has 0 unspecified atom stereocenters. The molecule has 98 valence electrons. The monoisotopic (exact) mass is 251 g/mol. The molecular weight excluding hydrogens is 234 g/mol. The second kappa shape index (κ2) is 4.84. The first-order valence-corrected chi connectivity index (χ1v) is 6.15. The Hall–Kier alpha value is -1.78. The average molecular weight is 251 g/mol. The van der Waals surface area contributed by atoms with Crippen molar-refractivity contribution in [1.82, 2.24) is 4.90 Å². The summed E-state index contributed by atoms with van der Waals surface area (Å²) in [6.45, 7) is 4.02. The molecule has 1 N–H and O–H groups in total. The SMILES string of the molecule is C[C@@H]1CCC[C@H](C)N1C(=O)c1cc(C(=O)O)co1. The molecule has 1 aliphatic heterocycles. The number of piperidine rings is 1. The quantitative estimate of drug-likeness (QED) is 0.876. The summed E-state index contributed by atoms with van der Waals surface area (Å²) in [5, 5.41) is 8.81. The van der Waals surface area contributed by atoms with Crippen molar-refractivity contribution in [2.24, 2.45) is 0 Å². The highest BCUT2D eigenvalue weighted by molar-refractivity contribution is 5.95. The molecule has 1 aromatic heterocycles. The fourth-order valence-corrected chi connectivity index (χ4v) is 2.51. The van der Waals surface area contributed by atoms with Gasteiger partial charge in [0.1, 0.15) is 6.26 Å².